The van der Waals surface area contributed by atoms with Gasteiger partial charge in [-0.2, -0.15) is 0 Å². The van der Waals surface area contributed by atoms with Crippen molar-refractivity contribution in [1.82, 2.24) is 4.98 Å². The summed E-state index contributed by atoms with van der Waals surface area (Å²) >= 11 is 0. The molecule has 0 aliphatic carbocycles. The van der Waals surface area contributed by atoms with Gasteiger partial charge in [0.2, 0.25) is 0 Å². The van der Waals surface area contributed by atoms with Gasteiger partial charge in [0, 0.05) is 18.7 Å². The summed E-state index contributed by atoms with van der Waals surface area (Å²) in [5.74, 6) is 0.141. The predicted molar refractivity (Wildman–Crippen MR) is 84.7 cm³/mol. The van der Waals surface area contributed by atoms with Gasteiger partial charge < -0.3 is 0 Å². The molecule has 0 N–H and O–H groups in total. The number of ketones is 1. The lowest BCUT2D eigenvalue weighted by Crippen LogP contribution is -2.03. The molecule has 0 fully saturated rings. The zero-order chi connectivity index (χ0) is 14.6. The number of carbonyl (C=O) groups is 1. The van der Waals surface area contributed by atoms with Crippen molar-refractivity contribution in [2.45, 2.75) is 58.8 Å². The Morgan fingerprint density at radius 1 is 1.25 bits per heavy atom. The predicted octanol–water partition coefficient (Wildman–Crippen LogP) is 4.26. The second kappa shape index (κ2) is 10.3. The third kappa shape index (κ3) is 6.60. The third-order valence-corrected chi connectivity index (χ3v) is 3.12. The maximum Gasteiger partial charge on any atom is 0.181 e. The van der Waals surface area contributed by atoms with Crippen LogP contribution in [0.25, 0.3) is 0 Å². The number of aromatic nitrogens is 1. The van der Waals surface area contributed by atoms with Crippen LogP contribution in [0.1, 0.15) is 68.6 Å². The highest BCUT2D eigenvalue weighted by atomic mass is 16.1. The highest BCUT2D eigenvalue weighted by Gasteiger charge is 2.06. The molecule has 3 heteroatoms. The number of rotatable bonds is 10. The van der Waals surface area contributed by atoms with Crippen molar-refractivity contribution in [3.05, 3.63) is 29.6 Å². The summed E-state index contributed by atoms with van der Waals surface area (Å²) in [6.07, 6.45) is 8.84. The molecule has 1 heterocycles. The number of hydrogen-bond acceptors (Lipinski definition) is 3. The molecule has 0 atom stereocenters. The number of Topliss-reactive ketones (excluding diaryl/α,β-unsaturated/α-hetero) is 1. The highest BCUT2D eigenvalue weighted by Crippen LogP contribution is 2.06. The minimum Gasteiger partial charge on any atom is -0.298 e. The number of pyridine rings is 1. The lowest BCUT2D eigenvalue weighted by molar-refractivity contribution is 0.0976. The number of aliphatic imine (C=N–C) groups is 1. The van der Waals surface area contributed by atoms with E-state index < -0.39 is 0 Å². The van der Waals surface area contributed by atoms with E-state index in [1.807, 2.05) is 25.3 Å². The van der Waals surface area contributed by atoms with Gasteiger partial charge in [-0.05, 0) is 44.0 Å². The van der Waals surface area contributed by atoms with E-state index >= 15 is 0 Å². The first-order valence-electron chi connectivity index (χ1n) is 7.75. The van der Waals surface area contributed by atoms with E-state index in [2.05, 4.69) is 16.9 Å². The SMILES string of the molecule is CCCCCN=CCCc1cccc(C(=O)CCC)n1. The van der Waals surface area contributed by atoms with Gasteiger partial charge in [0.25, 0.3) is 0 Å². The van der Waals surface area contributed by atoms with Crippen molar-refractivity contribution in [2.75, 3.05) is 6.54 Å². The first kappa shape index (κ1) is 16.5. The van der Waals surface area contributed by atoms with Gasteiger partial charge in [0.05, 0.1) is 0 Å². The van der Waals surface area contributed by atoms with Gasteiger partial charge in [-0.1, -0.05) is 32.8 Å². The average molecular weight is 274 g/mol. The Kier molecular flexibility index (Phi) is 8.52. The summed E-state index contributed by atoms with van der Waals surface area (Å²) < 4.78 is 0. The molecule has 1 rings (SSSR count). The van der Waals surface area contributed by atoms with E-state index in [0.717, 1.165) is 31.5 Å². The fourth-order valence-corrected chi connectivity index (χ4v) is 1.98. The standard InChI is InChI=1S/C17H26N2O/c1-3-5-6-13-18-14-8-11-15-10-7-12-16(19-15)17(20)9-4-2/h7,10,12,14H,3-6,8-9,11,13H2,1-2H3. The number of carbonyl (C=O) groups excluding carboxylic acids is 1. The van der Waals surface area contributed by atoms with Crippen LogP contribution in [0, 0.1) is 0 Å². The second-order valence-electron chi connectivity index (χ2n) is 5.02. The molecule has 0 saturated carbocycles. The molecule has 0 radical (unpaired) electrons. The summed E-state index contributed by atoms with van der Waals surface area (Å²) in [6, 6.07) is 5.71. The van der Waals surface area contributed by atoms with Crippen LogP contribution in [0.3, 0.4) is 0 Å². The molecule has 0 aliphatic heterocycles. The lowest BCUT2D eigenvalue weighted by Gasteiger charge is -2.02. The first-order chi connectivity index (χ1) is 9.77. The number of unbranched alkanes of at least 4 members (excludes halogenated alkanes) is 2. The summed E-state index contributed by atoms with van der Waals surface area (Å²) in [7, 11) is 0. The van der Waals surface area contributed by atoms with Crippen LogP contribution >= 0.6 is 0 Å². The van der Waals surface area contributed by atoms with Crippen LogP contribution in [0.5, 0.6) is 0 Å². The maximum absolute atomic E-state index is 11.8. The van der Waals surface area contributed by atoms with E-state index in [-0.39, 0.29) is 5.78 Å². The summed E-state index contributed by atoms with van der Waals surface area (Å²) in [5, 5.41) is 0. The normalized spacial score (nSPS) is 11.1. The Balaban J connectivity index is 2.37. The quantitative estimate of drug-likeness (QED) is 0.363. The van der Waals surface area contributed by atoms with Gasteiger partial charge in [-0.25, -0.2) is 4.98 Å². The van der Waals surface area contributed by atoms with E-state index in [1.54, 1.807) is 6.07 Å². The van der Waals surface area contributed by atoms with Crippen molar-refractivity contribution < 1.29 is 4.79 Å². The molecule has 20 heavy (non-hydrogen) atoms. The molecular formula is C17H26N2O. The van der Waals surface area contributed by atoms with Crippen LogP contribution in [0.4, 0.5) is 0 Å². The summed E-state index contributed by atoms with van der Waals surface area (Å²) in [5.41, 5.74) is 1.58. The van der Waals surface area contributed by atoms with Crippen LogP contribution in [0.15, 0.2) is 23.2 Å². The number of aryl methyl sites for hydroxylation is 1. The molecule has 110 valence electrons. The third-order valence-electron chi connectivity index (χ3n) is 3.12. The van der Waals surface area contributed by atoms with E-state index in [9.17, 15) is 4.79 Å². The molecule has 1 aromatic rings. The van der Waals surface area contributed by atoms with Crippen LogP contribution in [-0.2, 0) is 6.42 Å². The summed E-state index contributed by atoms with van der Waals surface area (Å²) in [6.45, 7) is 5.13. The fraction of sp³-hybridized carbons (Fsp3) is 0.588. The zero-order valence-electron chi connectivity index (χ0n) is 12.8. The van der Waals surface area contributed by atoms with Crippen molar-refractivity contribution in [3.8, 4) is 0 Å². The van der Waals surface area contributed by atoms with E-state index in [1.165, 1.54) is 19.3 Å². The van der Waals surface area contributed by atoms with Gasteiger partial charge in [-0.3, -0.25) is 9.79 Å². The smallest absolute Gasteiger partial charge is 0.181 e. The topological polar surface area (TPSA) is 42.3 Å². The molecule has 0 unspecified atom stereocenters. The first-order valence-corrected chi connectivity index (χ1v) is 7.75. The molecule has 0 amide bonds. The van der Waals surface area contributed by atoms with Gasteiger partial charge in [0.15, 0.2) is 5.78 Å². The molecular weight excluding hydrogens is 248 g/mol. The second-order valence-corrected chi connectivity index (χ2v) is 5.02. The van der Waals surface area contributed by atoms with Crippen LogP contribution in [-0.4, -0.2) is 23.5 Å². The van der Waals surface area contributed by atoms with E-state index in [0.29, 0.717) is 12.1 Å². The minimum atomic E-state index is 0.141. The molecule has 0 aromatic carbocycles. The zero-order valence-corrected chi connectivity index (χ0v) is 12.8. The van der Waals surface area contributed by atoms with Crippen molar-refractivity contribution >= 4 is 12.0 Å². The molecule has 1 aromatic heterocycles. The monoisotopic (exact) mass is 274 g/mol. The van der Waals surface area contributed by atoms with Crippen molar-refractivity contribution in [1.29, 1.82) is 0 Å². The molecule has 0 spiro atoms. The average Bonchev–Trinajstić information content (AvgIpc) is 2.47. The molecule has 0 aliphatic rings. The Labute approximate surface area is 122 Å². The van der Waals surface area contributed by atoms with Crippen LogP contribution < -0.4 is 0 Å². The molecule has 0 saturated heterocycles. The number of hydrogen-bond donors (Lipinski definition) is 0. The number of nitrogens with zero attached hydrogens (tertiary/aromatic N) is 2. The fourth-order valence-electron chi connectivity index (χ4n) is 1.98. The minimum absolute atomic E-state index is 0.141. The van der Waals surface area contributed by atoms with E-state index in [4.69, 9.17) is 0 Å². The lowest BCUT2D eigenvalue weighted by atomic mass is 10.1. The van der Waals surface area contributed by atoms with Gasteiger partial charge in [0.1, 0.15) is 5.69 Å². The highest BCUT2D eigenvalue weighted by molar-refractivity contribution is 5.94. The van der Waals surface area contributed by atoms with Crippen molar-refractivity contribution in [3.63, 3.8) is 0 Å². The molecule has 0 bridgehead atoms. The summed E-state index contributed by atoms with van der Waals surface area (Å²) in [4.78, 5) is 20.6. The Bertz CT molecular complexity index is 427. The Hall–Kier alpha value is -1.51. The van der Waals surface area contributed by atoms with Crippen molar-refractivity contribution in [2.24, 2.45) is 4.99 Å². The molecule has 3 nitrogen and oxygen atoms in total. The van der Waals surface area contributed by atoms with Gasteiger partial charge in [-0.15, -0.1) is 0 Å². The maximum atomic E-state index is 11.8. The van der Waals surface area contributed by atoms with Gasteiger partial charge >= 0.3 is 0 Å². The largest absolute Gasteiger partial charge is 0.298 e. The Morgan fingerprint density at radius 2 is 2.10 bits per heavy atom. The Morgan fingerprint density at radius 3 is 2.85 bits per heavy atom. The van der Waals surface area contributed by atoms with Crippen LogP contribution in [0.2, 0.25) is 0 Å².